The molecule has 0 fully saturated rings. The molecule has 0 atom stereocenters. The van der Waals surface area contributed by atoms with Crippen LogP contribution >= 0.6 is 0 Å². The molecule has 1 N–H and O–H groups in total. The highest BCUT2D eigenvalue weighted by Gasteiger charge is 2.32. The minimum Gasteiger partial charge on any atom is -0.507 e. The Morgan fingerprint density at radius 3 is 2.72 bits per heavy atom. The molecule has 1 aliphatic carbocycles. The molecular weight excluding hydrogens is 220 g/mol. The van der Waals surface area contributed by atoms with Gasteiger partial charge in [-0.15, -0.1) is 0 Å². The molecule has 1 aliphatic rings. The molecule has 0 bridgehead atoms. The summed E-state index contributed by atoms with van der Waals surface area (Å²) in [4.78, 5) is 0. The molecule has 0 heterocycles. The van der Waals surface area contributed by atoms with E-state index >= 15 is 0 Å². The van der Waals surface area contributed by atoms with Gasteiger partial charge in [0.2, 0.25) is 0 Å². The van der Waals surface area contributed by atoms with Crippen molar-refractivity contribution < 1.29 is 5.11 Å². The smallest absolute Gasteiger partial charge is 0.122 e. The van der Waals surface area contributed by atoms with Crippen LogP contribution in [0.2, 0.25) is 0 Å². The van der Waals surface area contributed by atoms with E-state index in [0.717, 1.165) is 24.8 Å². The van der Waals surface area contributed by atoms with E-state index in [2.05, 4.69) is 33.8 Å². The van der Waals surface area contributed by atoms with Crippen LogP contribution in [-0.4, -0.2) is 5.11 Å². The van der Waals surface area contributed by atoms with Gasteiger partial charge in [-0.25, -0.2) is 0 Å². The second-order valence-electron chi connectivity index (χ2n) is 6.40. The van der Waals surface area contributed by atoms with Crippen LogP contribution in [-0.2, 0) is 18.3 Å². The summed E-state index contributed by atoms with van der Waals surface area (Å²) >= 11 is 0. The average Bonchev–Trinajstić information content (AvgIpc) is 2.30. The summed E-state index contributed by atoms with van der Waals surface area (Å²) in [6, 6.07) is 2.21. The van der Waals surface area contributed by atoms with Gasteiger partial charge in [-0.3, -0.25) is 0 Å². The van der Waals surface area contributed by atoms with Crippen LogP contribution in [0.5, 0.6) is 5.75 Å². The first-order chi connectivity index (χ1) is 8.47. The Morgan fingerprint density at radius 1 is 1.33 bits per heavy atom. The summed E-state index contributed by atoms with van der Waals surface area (Å²) in [5.41, 5.74) is 5.30. The van der Waals surface area contributed by atoms with Crippen LogP contribution in [0.4, 0.5) is 0 Å². The number of aromatic hydroxyl groups is 1. The number of hydrogen-bond acceptors (Lipinski definition) is 1. The fourth-order valence-electron chi connectivity index (χ4n) is 3.36. The van der Waals surface area contributed by atoms with Crippen molar-refractivity contribution in [2.45, 2.75) is 71.6 Å². The number of aryl methyl sites for hydroxylation is 2. The van der Waals surface area contributed by atoms with Crippen molar-refractivity contribution in [1.29, 1.82) is 0 Å². The van der Waals surface area contributed by atoms with Gasteiger partial charge in [0.1, 0.15) is 5.75 Å². The first-order valence-corrected chi connectivity index (χ1v) is 7.32. The van der Waals surface area contributed by atoms with Gasteiger partial charge in [0.05, 0.1) is 0 Å². The zero-order valence-electron chi connectivity index (χ0n) is 12.3. The molecule has 18 heavy (non-hydrogen) atoms. The van der Waals surface area contributed by atoms with Gasteiger partial charge in [0, 0.05) is 5.56 Å². The third kappa shape index (κ3) is 2.28. The second-order valence-corrected chi connectivity index (χ2v) is 6.40. The van der Waals surface area contributed by atoms with Crippen molar-refractivity contribution in [2.75, 3.05) is 0 Å². The SMILES string of the molecule is CCCCc1cc(C)c2c(c1O)C(C)(C)CCC2. The Kier molecular flexibility index (Phi) is 3.70. The lowest BCUT2D eigenvalue weighted by Crippen LogP contribution is -2.25. The lowest BCUT2D eigenvalue weighted by molar-refractivity contribution is 0.387. The zero-order chi connectivity index (χ0) is 13.3. The molecule has 0 saturated carbocycles. The summed E-state index contributed by atoms with van der Waals surface area (Å²) in [6.07, 6.45) is 6.91. The summed E-state index contributed by atoms with van der Waals surface area (Å²) in [5, 5.41) is 10.6. The fraction of sp³-hybridized carbons (Fsp3) is 0.647. The van der Waals surface area contributed by atoms with Gasteiger partial charge in [-0.05, 0) is 61.1 Å². The molecular formula is C17H26O. The molecule has 0 amide bonds. The molecule has 0 saturated heterocycles. The molecule has 100 valence electrons. The third-order valence-corrected chi connectivity index (χ3v) is 4.41. The Morgan fingerprint density at radius 2 is 2.06 bits per heavy atom. The summed E-state index contributed by atoms with van der Waals surface area (Å²) < 4.78 is 0. The van der Waals surface area contributed by atoms with Crippen molar-refractivity contribution in [3.05, 3.63) is 28.3 Å². The standard InChI is InChI=1S/C17H26O/c1-5-6-8-13-11-12(2)14-9-7-10-17(3,4)15(14)16(13)18/h11,18H,5-10H2,1-4H3. The molecule has 1 heteroatoms. The van der Waals surface area contributed by atoms with Crippen LogP contribution in [0.3, 0.4) is 0 Å². The summed E-state index contributed by atoms with van der Waals surface area (Å²) in [6.45, 7) is 8.95. The van der Waals surface area contributed by atoms with Gasteiger partial charge >= 0.3 is 0 Å². The van der Waals surface area contributed by atoms with Crippen molar-refractivity contribution >= 4 is 0 Å². The van der Waals surface area contributed by atoms with Crippen LogP contribution in [0.15, 0.2) is 6.07 Å². The van der Waals surface area contributed by atoms with Gasteiger partial charge in [0.25, 0.3) is 0 Å². The fourth-order valence-corrected chi connectivity index (χ4v) is 3.36. The Labute approximate surface area is 111 Å². The second kappa shape index (κ2) is 4.95. The molecule has 0 radical (unpaired) electrons. The Balaban J connectivity index is 2.52. The molecule has 0 spiro atoms. The van der Waals surface area contributed by atoms with E-state index < -0.39 is 0 Å². The maximum absolute atomic E-state index is 10.6. The maximum atomic E-state index is 10.6. The highest BCUT2D eigenvalue weighted by molar-refractivity contribution is 5.54. The Hall–Kier alpha value is -0.980. The molecule has 1 nitrogen and oxygen atoms in total. The quantitative estimate of drug-likeness (QED) is 0.822. The van der Waals surface area contributed by atoms with Crippen LogP contribution < -0.4 is 0 Å². The number of rotatable bonds is 3. The lowest BCUT2D eigenvalue weighted by atomic mass is 9.70. The number of fused-ring (bicyclic) bond motifs is 1. The number of phenols is 1. The summed E-state index contributed by atoms with van der Waals surface area (Å²) in [5.74, 6) is 0.591. The van der Waals surface area contributed by atoms with Crippen LogP contribution in [0.1, 0.15) is 68.7 Å². The molecule has 1 aromatic carbocycles. The normalized spacial score (nSPS) is 17.6. The molecule has 0 unspecified atom stereocenters. The maximum Gasteiger partial charge on any atom is 0.122 e. The number of phenolic OH excluding ortho intramolecular Hbond substituents is 1. The van der Waals surface area contributed by atoms with Crippen molar-refractivity contribution in [2.24, 2.45) is 0 Å². The first-order valence-electron chi connectivity index (χ1n) is 7.32. The highest BCUT2D eigenvalue weighted by Crippen LogP contribution is 2.44. The molecule has 0 aromatic heterocycles. The molecule has 0 aliphatic heterocycles. The van der Waals surface area contributed by atoms with E-state index in [1.165, 1.54) is 36.0 Å². The van der Waals surface area contributed by atoms with Gasteiger partial charge < -0.3 is 5.11 Å². The zero-order valence-corrected chi connectivity index (χ0v) is 12.3. The van der Waals surface area contributed by atoms with E-state index in [4.69, 9.17) is 0 Å². The highest BCUT2D eigenvalue weighted by atomic mass is 16.3. The monoisotopic (exact) mass is 246 g/mol. The van der Waals surface area contributed by atoms with Gasteiger partial charge in [0.15, 0.2) is 0 Å². The number of unbranched alkanes of at least 4 members (excludes halogenated alkanes) is 1. The van der Waals surface area contributed by atoms with Gasteiger partial charge in [-0.1, -0.05) is 33.3 Å². The largest absolute Gasteiger partial charge is 0.507 e. The van der Waals surface area contributed by atoms with Crippen LogP contribution in [0.25, 0.3) is 0 Å². The van der Waals surface area contributed by atoms with E-state index in [1.807, 2.05) is 0 Å². The van der Waals surface area contributed by atoms with E-state index in [9.17, 15) is 5.11 Å². The van der Waals surface area contributed by atoms with E-state index in [0.29, 0.717) is 5.75 Å². The predicted octanol–water partition coefficient (Wildman–Crippen LogP) is 4.66. The first kappa shape index (κ1) is 13.5. The molecule has 1 aromatic rings. The lowest BCUT2D eigenvalue weighted by Gasteiger charge is -2.35. The van der Waals surface area contributed by atoms with E-state index in [1.54, 1.807) is 0 Å². The van der Waals surface area contributed by atoms with Crippen molar-refractivity contribution in [3.8, 4) is 5.75 Å². The van der Waals surface area contributed by atoms with E-state index in [-0.39, 0.29) is 5.41 Å². The average molecular weight is 246 g/mol. The van der Waals surface area contributed by atoms with Crippen molar-refractivity contribution in [1.82, 2.24) is 0 Å². The molecule has 2 rings (SSSR count). The predicted molar refractivity (Wildman–Crippen MR) is 77.4 cm³/mol. The van der Waals surface area contributed by atoms with Crippen molar-refractivity contribution in [3.63, 3.8) is 0 Å². The number of hydrogen-bond donors (Lipinski definition) is 1. The van der Waals surface area contributed by atoms with Crippen LogP contribution in [0, 0.1) is 6.92 Å². The Bertz CT molecular complexity index is 443. The number of benzene rings is 1. The third-order valence-electron chi connectivity index (χ3n) is 4.41. The van der Waals surface area contributed by atoms with Gasteiger partial charge in [-0.2, -0.15) is 0 Å². The minimum absolute atomic E-state index is 0.130. The summed E-state index contributed by atoms with van der Waals surface area (Å²) in [7, 11) is 0. The topological polar surface area (TPSA) is 20.2 Å². The minimum atomic E-state index is 0.130.